The molecule has 0 saturated carbocycles. The summed E-state index contributed by atoms with van der Waals surface area (Å²) in [5.41, 5.74) is 0.846. The van der Waals surface area contributed by atoms with Crippen molar-refractivity contribution in [3.63, 3.8) is 0 Å². The summed E-state index contributed by atoms with van der Waals surface area (Å²) in [6.07, 6.45) is -0.249. The minimum atomic E-state index is -0.956. The van der Waals surface area contributed by atoms with Crippen molar-refractivity contribution < 1.29 is 19.2 Å². The minimum absolute atomic E-state index is 0.118. The molecular formula is C16H12Cl2N2O4. The maximum atomic E-state index is 12.2. The van der Waals surface area contributed by atoms with E-state index in [1.807, 2.05) is 0 Å². The van der Waals surface area contributed by atoms with Crippen LogP contribution in [0, 0.1) is 13.8 Å². The van der Waals surface area contributed by atoms with Crippen molar-refractivity contribution in [1.29, 1.82) is 0 Å². The summed E-state index contributed by atoms with van der Waals surface area (Å²) in [5.74, 6) is -2.10. The third-order valence-electron chi connectivity index (χ3n) is 3.99. The average molecular weight is 367 g/mol. The third-order valence-corrected chi connectivity index (χ3v) is 4.67. The summed E-state index contributed by atoms with van der Waals surface area (Å²) >= 11 is 11.7. The van der Waals surface area contributed by atoms with Crippen LogP contribution in [0.2, 0.25) is 0 Å². The van der Waals surface area contributed by atoms with Gasteiger partial charge in [-0.25, -0.2) is 9.80 Å². The van der Waals surface area contributed by atoms with Gasteiger partial charge in [0.05, 0.1) is 24.2 Å². The number of amides is 4. The molecule has 0 aromatic heterocycles. The normalized spacial score (nSPS) is 24.5. The number of hydrogen-bond acceptors (Lipinski definition) is 4. The van der Waals surface area contributed by atoms with Crippen LogP contribution in [0.15, 0.2) is 12.1 Å². The summed E-state index contributed by atoms with van der Waals surface area (Å²) in [7, 11) is 0. The highest BCUT2D eigenvalue weighted by Crippen LogP contribution is 2.38. The molecule has 6 nitrogen and oxygen atoms in total. The first-order valence-corrected chi connectivity index (χ1v) is 7.94. The lowest BCUT2D eigenvalue weighted by atomic mass is 10.0. The second-order valence-electron chi connectivity index (χ2n) is 5.55. The van der Waals surface area contributed by atoms with Crippen LogP contribution in [-0.4, -0.2) is 34.4 Å². The Labute approximate surface area is 148 Å². The Hall–Kier alpha value is -1.92. The van der Waals surface area contributed by atoms with Crippen molar-refractivity contribution in [2.45, 2.75) is 23.6 Å². The Balaban J connectivity index is 2.13. The molecule has 2 aliphatic rings. The van der Waals surface area contributed by atoms with Crippen LogP contribution in [0.5, 0.6) is 0 Å². The zero-order valence-corrected chi connectivity index (χ0v) is 13.9. The van der Waals surface area contributed by atoms with Crippen molar-refractivity contribution in [3.8, 4) is 0 Å². The summed E-state index contributed by atoms with van der Waals surface area (Å²) in [5, 5.41) is -1.90. The summed E-state index contributed by atoms with van der Waals surface area (Å²) in [6, 6.07) is 2.99. The Bertz CT molecular complexity index is 793. The van der Waals surface area contributed by atoms with E-state index < -0.39 is 34.4 Å². The number of benzene rings is 1. The SMILES string of the molecule is [CH2]c1ccc(N2C(=O)CC(Cl)C2=O)c([CH2])c1N1C(=O)CC(Cl)C1=O. The van der Waals surface area contributed by atoms with E-state index in [9.17, 15) is 19.2 Å². The second-order valence-corrected chi connectivity index (χ2v) is 6.60. The van der Waals surface area contributed by atoms with Crippen LogP contribution in [0.1, 0.15) is 24.0 Å². The van der Waals surface area contributed by atoms with Gasteiger partial charge in [0.25, 0.3) is 11.8 Å². The van der Waals surface area contributed by atoms with Crippen molar-refractivity contribution >= 4 is 58.2 Å². The van der Waals surface area contributed by atoms with Gasteiger partial charge in [-0.15, -0.1) is 23.2 Å². The molecule has 0 aliphatic carbocycles. The molecule has 124 valence electrons. The van der Waals surface area contributed by atoms with Crippen molar-refractivity contribution in [2.75, 3.05) is 9.80 Å². The highest BCUT2D eigenvalue weighted by Gasteiger charge is 2.42. The van der Waals surface area contributed by atoms with E-state index in [2.05, 4.69) is 13.8 Å². The molecule has 2 saturated heterocycles. The fraction of sp³-hybridized carbons (Fsp3) is 0.250. The maximum absolute atomic E-state index is 12.2. The highest BCUT2D eigenvalue weighted by atomic mass is 35.5. The molecule has 24 heavy (non-hydrogen) atoms. The van der Waals surface area contributed by atoms with E-state index in [0.717, 1.165) is 9.80 Å². The fourth-order valence-corrected chi connectivity index (χ4v) is 3.30. The number of rotatable bonds is 2. The van der Waals surface area contributed by atoms with Gasteiger partial charge in [0.15, 0.2) is 0 Å². The lowest BCUT2D eigenvalue weighted by Gasteiger charge is -2.24. The van der Waals surface area contributed by atoms with Gasteiger partial charge in [0.1, 0.15) is 10.8 Å². The van der Waals surface area contributed by atoms with Crippen LogP contribution in [-0.2, 0) is 19.2 Å². The van der Waals surface area contributed by atoms with Crippen LogP contribution < -0.4 is 9.80 Å². The molecule has 2 aliphatic heterocycles. The smallest absolute Gasteiger partial charge is 0.252 e. The molecule has 3 rings (SSSR count). The monoisotopic (exact) mass is 366 g/mol. The number of halogens is 2. The summed E-state index contributed by atoms with van der Waals surface area (Å²) in [6.45, 7) is 7.64. The predicted molar refractivity (Wildman–Crippen MR) is 88.9 cm³/mol. The van der Waals surface area contributed by atoms with E-state index in [4.69, 9.17) is 23.2 Å². The lowest BCUT2D eigenvalue weighted by Crippen LogP contribution is -2.34. The van der Waals surface area contributed by atoms with Gasteiger partial charge in [-0.1, -0.05) is 6.07 Å². The lowest BCUT2D eigenvalue weighted by molar-refractivity contribution is -0.122. The number of anilines is 2. The van der Waals surface area contributed by atoms with Crippen LogP contribution in [0.25, 0.3) is 0 Å². The number of alkyl halides is 2. The van der Waals surface area contributed by atoms with Crippen molar-refractivity contribution in [1.82, 2.24) is 0 Å². The zero-order valence-electron chi connectivity index (χ0n) is 12.4. The van der Waals surface area contributed by atoms with E-state index in [0.29, 0.717) is 5.56 Å². The molecule has 2 fully saturated rings. The molecule has 1 aromatic rings. The first-order chi connectivity index (χ1) is 11.2. The minimum Gasteiger partial charge on any atom is -0.274 e. The topological polar surface area (TPSA) is 74.8 Å². The summed E-state index contributed by atoms with van der Waals surface area (Å²) < 4.78 is 0. The van der Waals surface area contributed by atoms with E-state index in [-0.39, 0.29) is 29.8 Å². The van der Waals surface area contributed by atoms with Gasteiger partial charge in [-0.05, 0) is 25.5 Å². The van der Waals surface area contributed by atoms with Crippen LogP contribution in [0.3, 0.4) is 0 Å². The molecule has 2 radical (unpaired) electrons. The Morgan fingerprint density at radius 2 is 1.38 bits per heavy atom. The Kier molecular flexibility index (Phi) is 4.13. The molecule has 4 amide bonds. The molecule has 2 atom stereocenters. The van der Waals surface area contributed by atoms with Gasteiger partial charge in [0.2, 0.25) is 11.8 Å². The molecule has 2 unspecified atom stereocenters. The molecule has 8 heteroatoms. The standard InChI is InChI=1S/C16H12Cl2N2O4/c1-7-3-4-11(19-12(21)5-9(17)15(19)23)8(2)14(7)20-13(22)6-10(18)16(20)24/h3-4,9-10H,1-2,5-6H2. The molecule has 0 spiro atoms. The summed E-state index contributed by atoms with van der Waals surface area (Å²) in [4.78, 5) is 50.3. The number of carbonyl (C=O) groups is 4. The third kappa shape index (κ3) is 2.41. The largest absolute Gasteiger partial charge is 0.274 e. The van der Waals surface area contributed by atoms with Gasteiger partial charge in [-0.2, -0.15) is 0 Å². The molecular weight excluding hydrogens is 355 g/mol. The number of imide groups is 2. The first-order valence-electron chi connectivity index (χ1n) is 7.06. The predicted octanol–water partition coefficient (Wildman–Crippen LogP) is 1.79. The molecule has 2 heterocycles. The fourth-order valence-electron chi connectivity index (χ4n) is 2.84. The van der Waals surface area contributed by atoms with E-state index >= 15 is 0 Å². The van der Waals surface area contributed by atoms with Crippen molar-refractivity contribution in [3.05, 3.63) is 37.1 Å². The second kappa shape index (κ2) is 5.86. The van der Waals surface area contributed by atoms with Gasteiger partial charge in [-0.3, -0.25) is 19.2 Å². The van der Waals surface area contributed by atoms with Crippen molar-refractivity contribution in [2.24, 2.45) is 0 Å². The van der Waals surface area contributed by atoms with E-state index in [1.165, 1.54) is 12.1 Å². The molecule has 0 N–H and O–H groups in total. The number of hydrogen-bond donors (Lipinski definition) is 0. The van der Waals surface area contributed by atoms with Crippen LogP contribution in [0.4, 0.5) is 11.4 Å². The Morgan fingerprint density at radius 1 is 0.875 bits per heavy atom. The van der Waals surface area contributed by atoms with Crippen LogP contribution >= 0.6 is 23.2 Å². The highest BCUT2D eigenvalue weighted by molar-refractivity contribution is 6.42. The quantitative estimate of drug-likeness (QED) is 0.590. The Morgan fingerprint density at radius 3 is 1.83 bits per heavy atom. The zero-order chi connectivity index (χ0) is 17.8. The van der Waals surface area contributed by atoms with Gasteiger partial charge in [0, 0.05) is 5.56 Å². The van der Waals surface area contributed by atoms with E-state index in [1.54, 1.807) is 0 Å². The molecule has 1 aromatic carbocycles. The van der Waals surface area contributed by atoms with Gasteiger partial charge >= 0.3 is 0 Å². The first kappa shape index (κ1) is 16.9. The van der Waals surface area contributed by atoms with Gasteiger partial charge < -0.3 is 0 Å². The molecule has 0 bridgehead atoms. The average Bonchev–Trinajstić information content (AvgIpc) is 2.90. The maximum Gasteiger partial charge on any atom is 0.252 e. The number of carbonyl (C=O) groups excluding carboxylic acids is 4. The number of nitrogens with zero attached hydrogens (tertiary/aromatic N) is 2.